The van der Waals surface area contributed by atoms with Crippen molar-refractivity contribution in [2.75, 3.05) is 17.3 Å². The number of nitrogen functional groups attached to an aromatic ring is 1. The van der Waals surface area contributed by atoms with Gasteiger partial charge in [-0.2, -0.15) is 0 Å². The van der Waals surface area contributed by atoms with E-state index in [1.54, 1.807) is 19.1 Å². The number of hydrogen-bond acceptors (Lipinski definition) is 8. The summed E-state index contributed by atoms with van der Waals surface area (Å²) in [7, 11) is 0. The Kier molecular flexibility index (Phi) is 4.72. The normalized spacial score (nSPS) is 14.6. The second kappa shape index (κ2) is 7.34. The van der Waals surface area contributed by atoms with Crippen molar-refractivity contribution in [3.05, 3.63) is 59.9 Å². The average Bonchev–Trinajstić information content (AvgIpc) is 3.20. The lowest BCUT2D eigenvalue weighted by molar-refractivity contribution is 0.199. The fraction of sp³-hybridized carbons (Fsp3) is 0.200. The first-order chi connectivity index (χ1) is 13.5. The van der Waals surface area contributed by atoms with Crippen molar-refractivity contribution in [1.82, 2.24) is 15.4 Å². The maximum Gasteiger partial charge on any atom is 0.211 e. The number of hydrazine groups is 1. The Morgan fingerprint density at radius 3 is 2.86 bits per heavy atom. The van der Waals surface area contributed by atoms with Crippen molar-refractivity contribution in [3.63, 3.8) is 0 Å². The summed E-state index contributed by atoms with van der Waals surface area (Å²) in [5.41, 5.74) is 12.0. The van der Waals surface area contributed by atoms with E-state index >= 15 is 0 Å². The van der Waals surface area contributed by atoms with E-state index in [4.69, 9.17) is 10.5 Å². The Morgan fingerprint density at radius 1 is 1.25 bits per heavy atom. The standard InChI is InChI=1S/C20H21N5O3/c1-12(26)13-3-4-15-14(9-13)10-18(20(21)24-15)28-11-16-17(5-6-19(27)23-16)25-8-2-7-22-25/h2-6,8-10,12,22,26H,7,11H2,1H3,(H2,21,24)(H,23,27). The maximum absolute atomic E-state index is 9.80. The van der Waals surface area contributed by atoms with Gasteiger partial charge in [-0.05, 0) is 36.8 Å². The van der Waals surface area contributed by atoms with Gasteiger partial charge in [-0.3, -0.25) is 5.01 Å². The summed E-state index contributed by atoms with van der Waals surface area (Å²) in [6.07, 6.45) is 3.29. The van der Waals surface area contributed by atoms with Gasteiger partial charge in [-0.1, -0.05) is 12.1 Å². The third kappa shape index (κ3) is 3.55. The van der Waals surface area contributed by atoms with Crippen LogP contribution in [0, 0.1) is 0 Å². The number of nitrogens with zero attached hydrogens (tertiary/aromatic N) is 3. The van der Waals surface area contributed by atoms with E-state index in [-0.39, 0.29) is 18.3 Å². The largest absolute Gasteiger partial charge is 0.493 e. The third-order valence-electron chi connectivity index (χ3n) is 4.51. The van der Waals surface area contributed by atoms with Crippen molar-refractivity contribution in [3.8, 4) is 11.6 Å². The van der Waals surface area contributed by atoms with Crippen LogP contribution in [0.25, 0.3) is 10.9 Å². The number of rotatable bonds is 5. The number of fused-ring (bicyclic) bond motifs is 1. The highest BCUT2D eigenvalue weighted by atomic mass is 16.5. The van der Waals surface area contributed by atoms with Crippen LogP contribution in [-0.4, -0.2) is 26.7 Å². The number of aromatic nitrogens is 2. The predicted octanol–water partition coefficient (Wildman–Crippen LogP) is 2.39. The number of benzene rings is 1. The van der Waals surface area contributed by atoms with Crippen molar-refractivity contribution >= 4 is 22.4 Å². The van der Waals surface area contributed by atoms with Crippen LogP contribution < -0.4 is 20.9 Å². The Labute approximate surface area is 161 Å². The van der Waals surface area contributed by atoms with Crippen LogP contribution in [0.5, 0.6) is 11.6 Å². The Morgan fingerprint density at radius 2 is 2.11 bits per heavy atom. The first kappa shape index (κ1) is 18.0. The van der Waals surface area contributed by atoms with E-state index < -0.39 is 6.10 Å². The number of nitrogens with two attached hydrogens (primary N) is 1. The highest BCUT2D eigenvalue weighted by Crippen LogP contribution is 2.29. The second-order valence-corrected chi connectivity index (χ2v) is 6.54. The van der Waals surface area contributed by atoms with Crippen LogP contribution in [-0.2, 0) is 6.61 Å². The molecule has 4 rings (SSSR count). The molecule has 144 valence electrons. The second-order valence-electron chi connectivity index (χ2n) is 6.54. The van der Waals surface area contributed by atoms with E-state index in [2.05, 4.69) is 15.4 Å². The zero-order valence-electron chi connectivity index (χ0n) is 15.3. The van der Waals surface area contributed by atoms with Crippen LogP contribution in [0.3, 0.4) is 0 Å². The number of ether oxygens (including phenoxy) is 1. The van der Waals surface area contributed by atoms with E-state index in [1.807, 2.05) is 35.5 Å². The molecule has 1 aliphatic heterocycles. The third-order valence-corrected chi connectivity index (χ3v) is 4.51. The zero-order valence-corrected chi connectivity index (χ0v) is 15.3. The quantitative estimate of drug-likeness (QED) is 0.534. The van der Waals surface area contributed by atoms with Gasteiger partial charge in [0.2, 0.25) is 5.88 Å². The first-order valence-electron chi connectivity index (χ1n) is 8.90. The molecule has 0 aliphatic carbocycles. The van der Waals surface area contributed by atoms with Crippen LogP contribution in [0.15, 0.2) is 48.7 Å². The number of aromatic hydroxyl groups is 1. The summed E-state index contributed by atoms with van der Waals surface area (Å²) < 4.78 is 5.88. The van der Waals surface area contributed by atoms with Gasteiger partial charge < -0.3 is 20.7 Å². The monoisotopic (exact) mass is 379 g/mol. The molecule has 8 nitrogen and oxygen atoms in total. The van der Waals surface area contributed by atoms with Gasteiger partial charge in [0.15, 0.2) is 11.6 Å². The number of aliphatic hydroxyl groups is 1. The van der Waals surface area contributed by atoms with Crippen LogP contribution >= 0.6 is 0 Å². The summed E-state index contributed by atoms with van der Waals surface area (Å²) in [5.74, 6) is 0.589. The van der Waals surface area contributed by atoms with E-state index in [0.29, 0.717) is 18.0 Å². The molecule has 5 N–H and O–H groups in total. The summed E-state index contributed by atoms with van der Waals surface area (Å²) in [6, 6.07) is 10.6. The number of hydrogen-bond donors (Lipinski definition) is 4. The summed E-state index contributed by atoms with van der Waals surface area (Å²) >= 11 is 0. The molecule has 1 aromatic carbocycles. The molecule has 1 atom stereocenters. The molecule has 0 saturated carbocycles. The number of nitrogens with one attached hydrogen (secondary N) is 1. The van der Waals surface area contributed by atoms with Gasteiger partial charge >= 0.3 is 0 Å². The molecular formula is C20H21N5O3. The van der Waals surface area contributed by atoms with Crippen LogP contribution in [0.2, 0.25) is 0 Å². The Balaban J connectivity index is 1.63. The molecular weight excluding hydrogens is 358 g/mol. The van der Waals surface area contributed by atoms with Crippen molar-refractivity contribution in [2.24, 2.45) is 0 Å². The van der Waals surface area contributed by atoms with Gasteiger partial charge in [0.25, 0.3) is 0 Å². The minimum Gasteiger partial charge on any atom is -0.493 e. The molecule has 0 saturated heterocycles. The van der Waals surface area contributed by atoms with Gasteiger partial charge in [0, 0.05) is 24.2 Å². The molecule has 0 bridgehead atoms. The van der Waals surface area contributed by atoms with E-state index in [1.165, 1.54) is 6.07 Å². The molecule has 3 aromatic rings. The Hall–Kier alpha value is -3.36. The SMILES string of the molecule is CC(O)c1ccc2nc(N)c(OCc3nc(O)ccc3N3C=CCN3)cc2c1. The van der Waals surface area contributed by atoms with E-state index in [9.17, 15) is 10.2 Å². The molecule has 0 fully saturated rings. The zero-order chi connectivity index (χ0) is 19.7. The minimum absolute atomic E-state index is 0.0864. The topological polar surface area (TPSA) is 117 Å². The van der Waals surface area contributed by atoms with E-state index in [0.717, 1.165) is 22.2 Å². The molecule has 2 aromatic heterocycles. The maximum atomic E-state index is 9.80. The lowest BCUT2D eigenvalue weighted by atomic mass is 10.1. The van der Waals surface area contributed by atoms with Crippen molar-refractivity contribution in [2.45, 2.75) is 19.6 Å². The highest BCUT2D eigenvalue weighted by molar-refractivity contribution is 5.83. The number of pyridine rings is 2. The molecule has 1 aliphatic rings. The molecule has 3 heterocycles. The van der Waals surface area contributed by atoms with Crippen molar-refractivity contribution in [1.29, 1.82) is 0 Å². The average molecular weight is 379 g/mol. The van der Waals surface area contributed by atoms with Gasteiger partial charge in [-0.15, -0.1) is 0 Å². The summed E-state index contributed by atoms with van der Waals surface area (Å²) in [4.78, 5) is 8.56. The molecule has 8 heteroatoms. The van der Waals surface area contributed by atoms with Crippen LogP contribution in [0.1, 0.15) is 24.3 Å². The van der Waals surface area contributed by atoms with Gasteiger partial charge in [-0.25, -0.2) is 15.4 Å². The number of anilines is 2. The van der Waals surface area contributed by atoms with Gasteiger partial charge in [0.1, 0.15) is 12.3 Å². The van der Waals surface area contributed by atoms with Crippen molar-refractivity contribution < 1.29 is 14.9 Å². The molecule has 0 radical (unpaired) electrons. The first-order valence-corrected chi connectivity index (χ1v) is 8.90. The minimum atomic E-state index is -0.577. The van der Waals surface area contributed by atoms with Crippen LogP contribution in [0.4, 0.5) is 11.5 Å². The predicted molar refractivity (Wildman–Crippen MR) is 107 cm³/mol. The highest BCUT2D eigenvalue weighted by Gasteiger charge is 2.15. The number of aliphatic hydroxyl groups excluding tert-OH is 1. The molecule has 1 unspecified atom stereocenters. The molecule has 0 amide bonds. The Bertz CT molecular complexity index is 1050. The lowest BCUT2D eigenvalue weighted by Crippen LogP contribution is -2.29. The smallest absolute Gasteiger partial charge is 0.211 e. The molecule has 28 heavy (non-hydrogen) atoms. The summed E-state index contributed by atoms with van der Waals surface area (Å²) in [6.45, 7) is 2.52. The van der Waals surface area contributed by atoms with Gasteiger partial charge in [0.05, 0.1) is 17.3 Å². The lowest BCUT2D eigenvalue weighted by Gasteiger charge is -2.19. The molecule has 0 spiro atoms. The summed E-state index contributed by atoms with van der Waals surface area (Å²) in [5, 5.41) is 22.2. The fourth-order valence-corrected chi connectivity index (χ4v) is 3.05. The fourth-order valence-electron chi connectivity index (χ4n) is 3.05.